The van der Waals surface area contributed by atoms with Crippen molar-refractivity contribution in [3.63, 3.8) is 0 Å². The molecule has 0 aromatic rings. The fourth-order valence-electron chi connectivity index (χ4n) is 0.348. The second-order valence-electron chi connectivity index (χ2n) is 1.76. The molecule has 0 aliphatic heterocycles. The summed E-state index contributed by atoms with van der Waals surface area (Å²) in [7, 11) is -0.151. The van der Waals surface area contributed by atoms with Gasteiger partial charge >= 0.3 is 19.5 Å². The number of allylic oxidation sites excluding steroid dienone is 1. The molecule has 0 saturated carbocycles. The van der Waals surface area contributed by atoms with Crippen LogP contribution in [-0.4, -0.2) is 16.4 Å². The molecular weight excluding hydrogens is 215 g/mol. The Bertz CT molecular complexity index is 68.1. The first kappa shape index (κ1) is 18.1. The standard InChI is InChI=1S/C5H13OSi.C3H5.Co.O/c1-3-5-7-6-4-2;1-3-2;;/h1,3-5,7H2,2H3;1H2,2H3;;/q2*-1;;. The topological polar surface area (TPSA) is 26.3 Å². The number of rotatable bonds is 4. The van der Waals surface area contributed by atoms with Crippen LogP contribution in [0.25, 0.3) is 0 Å². The Labute approximate surface area is 86.5 Å². The van der Waals surface area contributed by atoms with E-state index in [2.05, 4.69) is 35.2 Å². The van der Waals surface area contributed by atoms with Gasteiger partial charge in [0, 0.05) is 6.61 Å². The Hall–Kier alpha value is 0.223. The summed E-state index contributed by atoms with van der Waals surface area (Å²) in [4.78, 5) is 0. The van der Waals surface area contributed by atoms with Crippen LogP contribution in [0.15, 0.2) is 6.58 Å². The van der Waals surface area contributed by atoms with Crippen LogP contribution in [0.4, 0.5) is 0 Å². The average molecular weight is 233 g/mol. The Morgan fingerprint density at radius 2 is 2.08 bits per heavy atom. The maximum absolute atomic E-state index is 7.94. The second kappa shape index (κ2) is 30.3. The van der Waals surface area contributed by atoms with Crippen LogP contribution in [0.1, 0.15) is 20.3 Å². The third-order valence-corrected chi connectivity index (χ3v) is 2.23. The molecule has 77 valence electrons. The third-order valence-electron chi connectivity index (χ3n) is 0.743. The summed E-state index contributed by atoms with van der Waals surface area (Å²) in [6.45, 7) is 11.6. The van der Waals surface area contributed by atoms with Crippen molar-refractivity contribution in [3.05, 3.63) is 19.6 Å². The predicted molar refractivity (Wildman–Crippen MR) is 50.2 cm³/mol. The second-order valence-corrected chi connectivity index (χ2v) is 3.28. The molecule has 0 spiro atoms. The van der Waals surface area contributed by atoms with Crippen molar-refractivity contribution in [1.82, 2.24) is 0 Å². The molecule has 2 nitrogen and oxygen atoms in total. The van der Waals surface area contributed by atoms with Crippen molar-refractivity contribution in [2.75, 3.05) is 6.61 Å². The van der Waals surface area contributed by atoms with Gasteiger partial charge in [0.25, 0.3) is 0 Å². The fourth-order valence-corrected chi connectivity index (χ4v) is 1.05. The summed E-state index contributed by atoms with van der Waals surface area (Å²) in [5.74, 6) is 0. The minimum atomic E-state index is -0.151. The van der Waals surface area contributed by atoms with E-state index < -0.39 is 0 Å². The summed E-state index contributed by atoms with van der Waals surface area (Å²) in [6.07, 6.45) is 3.55. The van der Waals surface area contributed by atoms with E-state index in [1.165, 1.54) is 6.04 Å². The zero-order chi connectivity index (χ0) is 10.2. The molecule has 0 N–H and O–H groups in total. The van der Waals surface area contributed by atoms with Crippen molar-refractivity contribution in [3.8, 4) is 0 Å². The molecular formula is C8H18CoO2Si-2. The summed E-state index contributed by atoms with van der Waals surface area (Å²) in [5.41, 5.74) is 0. The van der Waals surface area contributed by atoms with Crippen molar-refractivity contribution in [2.45, 2.75) is 26.3 Å². The van der Waals surface area contributed by atoms with Gasteiger partial charge in [-0.3, -0.25) is 6.58 Å². The van der Waals surface area contributed by atoms with E-state index in [-0.39, 0.29) is 9.76 Å². The van der Waals surface area contributed by atoms with Gasteiger partial charge in [0.05, 0.1) is 0 Å². The van der Waals surface area contributed by atoms with Gasteiger partial charge in [-0.1, -0.05) is 6.04 Å². The fraction of sp³-hybridized carbons (Fsp3) is 0.625. The normalized spacial score (nSPS) is 8.00. The predicted octanol–water partition coefficient (Wildman–Crippen LogP) is 1.62. The molecule has 0 saturated heterocycles. The number of hydrogen-bond donors (Lipinski definition) is 0. The molecule has 0 rings (SSSR count). The SMILES string of the molecule is C=[C-]C.[CH2-]CC[SiH2]OCC.[O]=[Co]. The average Bonchev–Trinajstić information content (AvgIpc) is 2.11. The number of hydrogen-bond acceptors (Lipinski definition) is 2. The summed E-state index contributed by atoms with van der Waals surface area (Å²) < 4.78 is 13.1. The molecule has 0 radical (unpaired) electrons. The van der Waals surface area contributed by atoms with Gasteiger partial charge in [0.2, 0.25) is 0 Å². The van der Waals surface area contributed by atoms with Crippen LogP contribution < -0.4 is 0 Å². The molecule has 0 fully saturated rings. The van der Waals surface area contributed by atoms with E-state index in [0.717, 1.165) is 13.0 Å². The molecule has 0 aromatic heterocycles. The Morgan fingerprint density at radius 3 is 2.33 bits per heavy atom. The van der Waals surface area contributed by atoms with Gasteiger partial charge < -0.3 is 17.4 Å². The first-order chi connectivity index (χ1) is 5.83. The summed E-state index contributed by atoms with van der Waals surface area (Å²) in [5, 5.41) is 0. The van der Waals surface area contributed by atoms with E-state index in [0.29, 0.717) is 0 Å². The Kier molecular flexibility index (Phi) is 45.7. The van der Waals surface area contributed by atoms with Crippen molar-refractivity contribution >= 4 is 9.76 Å². The van der Waals surface area contributed by atoms with Crippen molar-refractivity contribution < 1.29 is 24.0 Å². The van der Waals surface area contributed by atoms with Gasteiger partial charge in [-0.05, 0) is 6.92 Å². The van der Waals surface area contributed by atoms with Gasteiger partial charge in [-0.25, -0.2) is 0 Å². The molecule has 0 bridgehead atoms. The molecule has 0 heterocycles. The van der Waals surface area contributed by atoms with Crippen LogP contribution in [0.5, 0.6) is 0 Å². The van der Waals surface area contributed by atoms with E-state index >= 15 is 0 Å². The molecule has 0 atom stereocenters. The van der Waals surface area contributed by atoms with Crippen LogP contribution in [0.2, 0.25) is 6.04 Å². The molecule has 0 aliphatic carbocycles. The molecule has 12 heavy (non-hydrogen) atoms. The minimum absolute atomic E-state index is 0.151. The summed E-state index contributed by atoms with van der Waals surface area (Å²) >= 11 is 2.31. The monoisotopic (exact) mass is 233 g/mol. The first-order valence-electron chi connectivity index (χ1n) is 3.77. The van der Waals surface area contributed by atoms with Gasteiger partial charge in [0.15, 0.2) is 9.76 Å². The van der Waals surface area contributed by atoms with E-state index in [1.54, 1.807) is 6.92 Å². The molecule has 0 unspecified atom stereocenters. The van der Waals surface area contributed by atoms with Gasteiger partial charge in [0.1, 0.15) is 0 Å². The molecule has 4 heteroatoms. The molecule has 0 amide bonds. The van der Waals surface area contributed by atoms with Gasteiger partial charge in [-0.15, -0.1) is 0 Å². The Balaban J connectivity index is -0.000000137. The van der Waals surface area contributed by atoms with Gasteiger partial charge in [-0.2, -0.15) is 13.3 Å². The zero-order valence-electron chi connectivity index (χ0n) is 7.89. The summed E-state index contributed by atoms with van der Waals surface area (Å²) in [6, 6.07) is 1.23. The van der Waals surface area contributed by atoms with E-state index in [1.807, 2.05) is 6.92 Å². The van der Waals surface area contributed by atoms with E-state index in [9.17, 15) is 0 Å². The molecule has 0 aromatic carbocycles. The van der Waals surface area contributed by atoms with E-state index in [4.69, 9.17) is 8.29 Å². The molecule has 0 aliphatic rings. The first-order valence-corrected chi connectivity index (χ1v) is 5.78. The maximum atomic E-state index is 7.94. The Morgan fingerprint density at radius 1 is 1.67 bits per heavy atom. The van der Waals surface area contributed by atoms with Crippen LogP contribution in [0.3, 0.4) is 0 Å². The van der Waals surface area contributed by atoms with Crippen molar-refractivity contribution in [1.29, 1.82) is 0 Å². The van der Waals surface area contributed by atoms with Crippen LogP contribution >= 0.6 is 0 Å². The van der Waals surface area contributed by atoms with Crippen LogP contribution in [-0.2, 0) is 24.0 Å². The zero-order valence-corrected chi connectivity index (χ0v) is 10.3. The quantitative estimate of drug-likeness (QED) is 0.419. The third kappa shape index (κ3) is 48.8. The van der Waals surface area contributed by atoms with Crippen LogP contribution in [0, 0.1) is 13.0 Å². The van der Waals surface area contributed by atoms with Crippen molar-refractivity contribution in [2.24, 2.45) is 0 Å².